The van der Waals surface area contributed by atoms with Crippen LogP contribution in [0.25, 0.3) is 43.4 Å². The first-order chi connectivity index (χ1) is 43.6. The van der Waals surface area contributed by atoms with E-state index in [2.05, 4.69) is 110 Å². The summed E-state index contributed by atoms with van der Waals surface area (Å²) in [6.45, 7) is 19.1. The number of benzene rings is 3. The highest BCUT2D eigenvalue weighted by Crippen LogP contribution is 2.45. The zero-order valence-corrected chi connectivity index (χ0v) is 55.1. The van der Waals surface area contributed by atoms with Crippen LogP contribution in [0.1, 0.15) is 127 Å². The Morgan fingerprint density at radius 3 is 2.40 bits per heavy atom. The van der Waals surface area contributed by atoms with Gasteiger partial charge in [-0.05, 0) is 137 Å². The molecule has 3 aromatic carbocycles. The van der Waals surface area contributed by atoms with Gasteiger partial charge in [0, 0.05) is 87.3 Å². The van der Waals surface area contributed by atoms with Gasteiger partial charge in [0.05, 0.1) is 41.0 Å². The molecule has 90 heavy (non-hydrogen) atoms. The van der Waals surface area contributed by atoms with Gasteiger partial charge in [-0.2, -0.15) is 9.97 Å². The third kappa shape index (κ3) is 16.0. The van der Waals surface area contributed by atoms with Crippen LogP contribution in [-0.2, 0) is 32.0 Å². The minimum Gasteiger partial charge on any atom is -0.508 e. The number of pyridine rings is 1. The lowest BCUT2D eigenvalue weighted by Crippen LogP contribution is -2.51. The summed E-state index contributed by atoms with van der Waals surface area (Å²) in [5.74, 6) is 1.38. The molecule has 0 saturated carbocycles. The van der Waals surface area contributed by atoms with Crippen molar-refractivity contribution in [2.45, 2.75) is 154 Å². The van der Waals surface area contributed by atoms with Crippen molar-refractivity contribution < 1.29 is 42.6 Å². The van der Waals surface area contributed by atoms with Crippen LogP contribution in [0.5, 0.6) is 17.6 Å². The molecule has 4 aromatic heterocycles. The van der Waals surface area contributed by atoms with Gasteiger partial charge < -0.3 is 54.1 Å². The summed E-state index contributed by atoms with van der Waals surface area (Å²) in [4.78, 5) is 60.6. The molecule has 5 fully saturated rings. The number of phenolic OH excluding ortho intramolecular Hbond substituents is 1. The second kappa shape index (κ2) is 31.6. The van der Waals surface area contributed by atoms with Crippen molar-refractivity contribution in [1.29, 1.82) is 0 Å². The Morgan fingerprint density at radius 1 is 0.989 bits per heavy atom. The fourth-order valence-corrected chi connectivity index (χ4v) is 14.4. The number of nitrogens with one attached hydrogen (secondary N) is 2. The molecule has 482 valence electrons. The molecule has 5 unspecified atom stereocenters. The predicted octanol–water partition coefficient (Wildman–Crippen LogP) is 11.8. The quantitative estimate of drug-likeness (QED) is 0.0767. The van der Waals surface area contributed by atoms with E-state index in [1.807, 2.05) is 54.6 Å². The number of hydrogen-bond acceptors (Lipinski definition) is 19. The molecule has 22 heteroatoms. The number of methoxy groups -OCH3 is 1. The molecule has 6 aliphatic rings. The van der Waals surface area contributed by atoms with Crippen LogP contribution >= 0.6 is 23.1 Å². The summed E-state index contributed by atoms with van der Waals surface area (Å²) in [7, 11) is 3.61. The van der Waals surface area contributed by atoms with E-state index in [0.717, 1.165) is 125 Å². The summed E-state index contributed by atoms with van der Waals surface area (Å²) in [5, 5.41) is 23.0. The van der Waals surface area contributed by atoms with Crippen LogP contribution in [0.15, 0.2) is 88.7 Å². The molecule has 0 spiro atoms. The van der Waals surface area contributed by atoms with Crippen molar-refractivity contribution >= 4 is 69.4 Å². The number of carbonyl (C=O) groups is 3. The molecule has 7 aromatic rings. The topological polar surface area (TPSA) is 214 Å². The Bertz CT molecular complexity index is 3550. The van der Waals surface area contributed by atoms with Crippen LogP contribution < -0.4 is 25.0 Å². The SMILES string of the molecule is CC1CCCN1C(=O)Cc1cc(OC2CCN(C)CC2)no1.CCC.CCc1cccc2cc(O)cc(-c3ncc4c(N5CC6CCC(C5)N6)nc(OC)nc4c3F)c12.CSC1(COC=O)CC=C2CCCN21.Cc1ncsc1-c1ccc(C(C)NC=O)cc1. The van der Waals surface area contributed by atoms with Gasteiger partial charge in [-0.25, -0.2) is 9.37 Å². The molecule has 5 saturated heterocycles. The molecule has 2 amide bonds. The Hall–Kier alpha value is -7.40. The van der Waals surface area contributed by atoms with Gasteiger partial charge in [0.15, 0.2) is 5.82 Å². The Kier molecular flexibility index (Phi) is 23.5. The number of halogens is 1. The van der Waals surface area contributed by atoms with Crippen LogP contribution in [-0.4, -0.2) is 159 Å². The van der Waals surface area contributed by atoms with Crippen molar-refractivity contribution in [3.05, 3.63) is 113 Å². The highest BCUT2D eigenvalue weighted by atomic mass is 32.2. The van der Waals surface area contributed by atoms with E-state index in [4.69, 9.17) is 18.7 Å². The van der Waals surface area contributed by atoms with E-state index in [0.29, 0.717) is 59.6 Å². The van der Waals surface area contributed by atoms with Crippen LogP contribution in [0, 0.1) is 12.7 Å². The van der Waals surface area contributed by atoms with Crippen molar-refractivity contribution in [1.82, 2.24) is 50.4 Å². The number of piperazine rings is 1. The van der Waals surface area contributed by atoms with Crippen LogP contribution in [0.4, 0.5) is 10.2 Å². The second-order valence-corrected chi connectivity index (χ2v) is 26.0. The molecule has 0 aliphatic carbocycles. The number of thiazole rings is 1. The summed E-state index contributed by atoms with van der Waals surface area (Å²) in [6, 6.07) is 20.4. The molecule has 10 heterocycles. The lowest BCUT2D eigenvalue weighted by Gasteiger charge is -2.36. The number of aryl methyl sites for hydroxylation is 2. The number of rotatable bonds is 16. The van der Waals surface area contributed by atoms with Gasteiger partial charge in [-0.1, -0.05) is 75.7 Å². The zero-order chi connectivity index (χ0) is 63.9. The number of hydrogen-bond donors (Lipinski definition) is 3. The highest BCUT2D eigenvalue weighted by molar-refractivity contribution is 8.00. The van der Waals surface area contributed by atoms with E-state index in [-0.39, 0.29) is 52.3 Å². The number of aromatic nitrogens is 5. The lowest BCUT2D eigenvalue weighted by atomic mass is 9.95. The zero-order valence-electron chi connectivity index (χ0n) is 53.5. The number of anilines is 1. The standard InChI is InChI=1S/C26H26FN5O2.C16H25N3O3.C13H14N2OS.C10H15NO2S.C3H8/c1-3-14-5-4-6-15-9-18(33)10-19(21(14)15)23-22(27)24-20(11-28-23)25(31-26(30-24)34-2)32-12-16-7-8-17(13-32)29-16;1-12-4-3-7-19(12)16(20)11-14-10-15(17-22-14)21-13-5-8-18(2)9-6-13;1-9(14-7-16)11-3-5-12(6-4-11)13-10(2)15-8-17-13;1-14-10(7-13-8-12)5-4-9-3-2-6-11(9)10;1-3-2/h4-6,9-11,16-17,29,33H,3,7-8,12-13H2,1-2H3;10,12-13H,3-9,11H2,1-2H3;3-9H,1-2H3,(H,14,16);4,8H,2-3,5-7H2,1H3;3H2,1-2H3. The smallest absolute Gasteiger partial charge is 0.318 e. The van der Waals surface area contributed by atoms with Crippen molar-refractivity contribution in [2.24, 2.45) is 0 Å². The number of phenols is 1. The molecule has 5 atom stereocenters. The second-order valence-electron chi connectivity index (χ2n) is 23.9. The van der Waals surface area contributed by atoms with Gasteiger partial charge >= 0.3 is 6.01 Å². The van der Waals surface area contributed by atoms with Crippen LogP contribution in [0.3, 0.4) is 0 Å². The lowest BCUT2D eigenvalue weighted by molar-refractivity contribution is -0.131. The molecular formula is C68H88FN11O8S2. The molecule has 3 N–H and O–H groups in total. The number of ether oxygens (including phenoxy) is 3. The van der Waals surface area contributed by atoms with E-state index in [9.17, 15) is 19.5 Å². The summed E-state index contributed by atoms with van der Waals surface area (Å²) >= 11 is 3.43. The van der Waals surface area contributed by atoms with Crippen molar-refractivity contribution in [2.75, 3.05) is 71.2 Å². The normalized spacial score (nSPS) is 20.5. The van der Waals surface area contributed by atoms with E-state index in [1.165, 1.54) is 42.5 Å². The van der Waals surface area contributed by atoms with E-state index in [1.54, 1.807) is 47.5 Å². The third-order valence-corrected chi connectivity index (χ3v) is 19.8. The first kappa shape index (κ1) is 67.0. The minimum atomic E-state index is -0.546. The molecular weight excluding hydrogens is 1180 g/mol. The minimum absolute atomic E-state index is 0.00720. The van der Waals surface area contributed by atoms with E-state index < -0.39 is 5.82 Å². The average Bonchev–Trinajstić information content (AvgIpc) is 0.911. The number of fused-ring (bicyclic) bond motifs is 5. The molecule has 13 rings (SSSR count). The first-order valence-electron chi connectivity index (χ1n) is 31.7. The predicted molar refractivity (Wildman–Crippen MR) is 355 cm³/mol. The number of aromatic hydroxyl groups is 1. The molecule has 6 aliphatic heterocycles. The maximum atomic E-state index is 16.2. The number of carbonyl (C=O) groups excluding carboxylic acids is 3. The Balaban J connectivity index is 0.000000149. The first-order valence-corrected chi connectivity index (χ1v) is 33.8. The van der Waals surface area contributed by atoms with Gasteiger partial charge in [0.1, 0.15) is 46.1 Å². The fourth-order valence-electron chi connectivity index (χ4n) is 12.8. The Morgan fingerprint density at radius 2 is 1.74 bits per heavy atom. The number of amides is 2. The molecule has 2 bridgehead atoms. The van der Waals surface area contributed by atoms with Gasteiger partial charge in [0.2, 0.25) is 12.3 Å². The monoisotopic (exact) mass is 1270 g/mol. The summed E-state index contributed by atoms with van der Waals surface area (Å²) in [6.07, 6.45) is 19.1. The van der Waals surface area contributed by atoms with Crippen molar-refractivity contribution in [3.8, 4) is 39.3 Å². The largest absolute Gasteiger partial charge is 0.508 e. The van der Waals surface area contributed by atoms with E-state index >= 15 is 4.39 Å². The number of nitrogens with zero attached hydrogens (tertiary/aromatic N) is 9. The Labute approximate surface area is 536 Å². The number of piperidine rings is 1. The number of allylic oxidation sites excluding steroid dienone is 1. The highest BCUT2D eigenvalue weighted by Gasteiger charge is 2.43. The number of thioether (sulfide) groups is 1. The van der Waals surface area contributed by atoms with Gasteiger partial charge in [-0.15, -0.1) is 23.1 Å². The van der Waals surface area contributed by atoms with Gasteiger partial charge in [-0.3, -0.25) is 19.4 Å². The maximum Gasteiger partial charge on any atom is 0.318 e. The summed E-state index contributed by atoms with van der Waals surface area (Å²) < 4.78 is 37.6. The third-order valence-electron chi connectivity index (χ3n) is 17.5. The number of likely N-dealkylation sites (tertiary alicyclic amines) is 2. The maximum absolute atomic E-state index is 16.2. The fraction of sp³-hybridized carbons (Fsp3) is 0.500. The molecule has 0 radical (unpaired) electrons. The van der Waals surface area contributed by atoms with Crippen molar-refractivity contribution in [3.63, 3.8) is 0 Å². The summed E-state index contributed by atoms with van der Waals surface area (Å²) in [5.41, 5.74) is 8.56. The molecule has 19 nitrogen and oxygen atoms in total. The van der Waals surface area contributed by atoms with Crippen LogP contribution in [0.2, 0.25) is 0 Å². The van der Waals surface area contributed by atoms with Gasteiger partial charge in [0.25, 0.3) is 12.4 Å². The average molecular weight is 1270 g/mol.